The van der Waals surface area contributed by atoms with Gasteiger partial charge in [0.1, 0.15) is 11.6 Å². The Hall–Kier alpha value is -2.93. The smallest absolute Gasteiger partial charge is 0.257 e. The van der Waals surface area contributed by atoms with Gasteiger partial charge in [0.2, 0.25) is 0 Å². The van der Waals surface area contributed by atoms with Gasteiger partial charge in [-0.15, -0.1) is 0 Å². The van der Waals surface area contributed by atoms with E-state index < -0.39 is 17.5 Å². The molecule has 2 aromatic carbocycles. The number of nitrogens with zero attached hydrogens (tertiary/aromatic N) is 1. The molecule has 3 rings (SSSR count). The van der Waals surface area contributed by atoms with Crippen LogP contribution in [0.1, 0.15) is 33.3 Å². The summed E-state index contributed by atoms with van der Waals surface area (Å²) in [6.45, 7) is 10.0. The minimum atomic E-state index is -0.485. The van der Waals surface area contributed by atoms with Gasteiger partial charge in [0.15, 0.2) is 0 Å². The fourth-order valence-corrected chi connectivity index (χ4v) is 3.68. The number of halogens is 2. The summed E-state index contributed by atoms with van der Waals surface area (Å²) in [6.07, 6.45) is 1.40. The third kappa shape index (κ3) is 4.79. The lowest BCUT2D eigenvalue weighted by molar-refractivity contribution is -0.110. The molecule has 0 bridgehead atoms. The highest BCUT2D eigenvalue weighted by Crippen LogP contribution is 2.33. The van der Waals surface area contributed by atoms with Crippen molar-refractivity contribution in [2.45, 2.75) is 39.8 Å². The zero-order valence-corrected chi connectivity index (χ0v) is 17.7. The third-order valence-corrected chi connectivity index (χ3v) is 5.14. The van der Waals surface area contributed by atoms with Crippen molar-refractivity contribution in [3.05, 3.63) is 59.8 Å². The maximum absolute atomic E-state index is 14.5. The molecule has 1 aliphatic rings. The molecule has 1 heterocycles. The predicted octanol–water partition coefficient (Wildman–Crippen LogP) is 4.90. The molecule has 5 nitrogen and oxygen atoms in total. The van der Waals surface area contributed by atoms with Gasteiger partial charge >= 0.3 is 0 Å². The van der Waals surface area contributed by atoms with Crippen LogP contribution in [0, 0.1) is 11.6 Å². The first kappa shape index (κ1) is 21.8. The Labute approximate surface area is 176 Å². The molecule has 1 amide bonds. The van der Waals surface area contributed by atoms with Crippen LogP contribution in [0.5, 0.6) is 0 Å². The summed E-state index contributed by atoms with van der Waals surface area (Å²) in [6, 6.07) is 10.0. The first-order chi connectivity index (χ1) is 14.3. The van der Waals surface area contributed by atoms with Crippen molar-refractivity contribution < 1.29 is 13.6 Å². The van der Waals surface area contributed by atoms with Gasteiger partial charge < -0.3 is 16.0 Å². The number of fused-ring (bicyclic) bond motifs is 1. The van der Waals surface area contributed by atoms with E-state index in [9.17, 15) is 13.6 Å². The van der Waals surface area contributed by atoms with E-state index in [1.807, 2.05) is 0 Å². The van der Waals surface area contributed by atoms with Crippen LogP contribution in [0.4, 0.5) is 25.8 Å². The van der Waals surface area contributed by atoms with Crippen LogP contribution < -0.4 is 16.0 Å². The molecular formula is C23H28F2N4O. The highest BCUT2D eigenvalue weighted by Gasteiger charge is 2.27. The van der Waals surface area contributed by atoms with Gasteiger partial charge in [0.25, 0.3) is 5.91 Å². The van der Waals surface area contributed by atoms with Crippen molar-refractivity contribution in [3.8, 4) is 0 Å². The van der Waals surface area contributed by atoms with Crippen LogP contribution in [-0.2, 0) is 4.79 Å². The molecule has 160 valence electrons. The van der Waals surface area contributed by atoms with Gasteiger partial charge in [-0.2, -0.15) is 0 Å². The summed E-state index contributed by atoms with van der Waals surface area (Å²) < 4.78 is 28.6. The standard InChI is InChI=1S/C23H28F2N4O/c1-14(2)29(15(3)4)11-10-26-20-9-8-16(12-19(20)25)27-13-17-22-18(24)6-5-7-21(22)28-23(17)30/h5-9,12-15,26-27H,10-11H2,1-4H3,(H,28,30)/b17-13+. The van der Waals surface area contributed by atoms with Crippen molar-refractivity contribution in [1.29, 1.82) is 0 Å². The molecule has 0 aromatic heterocycles. The maximum atomic E-state index is 14.5. The van der Waals surface area contributed by atoms with E-state index in [1.54, 1.807) is 18.2 Å². The van der Waals surface area contributed by atoms with Crippen molar-refractivity contribution in [2.24, 2.45) is 0 Å². The third-order valence-electron chi connectivity index (χ3n) is 5.14. The average molecular weight is 415 g/mol. The molecule has 0 radical (unpaired) electrons. The fourth-order valence-electron chi connectivity index (χ4n) is 3.68. The molecule has 0 atom stereocenters. The molecule has 0 saturated carbocycles. The Morgan fingerprint density at radius 2 is 1.80 bits per heavy atom. The van der Waals surface area contributed by atoms with Gasteiger partial charge in [-0.05, 0) is 58.0 Å². The fraction of sp³-hybridized carbons (Fsp3) is 0.348. The number of nitrogens with one attached hydrogen (secondary N) is 3. The van der Waals surface area contributed by atoms with Gasteiger partial charge in [-0.3, -0.25) is 9.69 Å². The Bertz CT molecular complexity index is 948. The number of anilines is 3. The predicted molar refractivity (Wildman–Crippen MR) is 118 cm³/mol. The van der Waals surface area contributed by atoms with Crippen molar-refractivity contribution in [3.63, 3.8) is 0 Å². The molecule has 0 aliphatic carbocycles. The lowest BCUT2D eigenvalue weighted by Gasteiger charge is -2.30. The van der Waals surface area contributed by atoms with E-state index in [4.69, 9.17) is 0 Å². The van der Waals surface area contributed by atoms with Gasteiger partial charge in [-0.25, -0.2) is 8.78 Å². The van der Waals surface area contributed by atoms with Crippen LogP contribution in [0.2, 0.25) is 0 Å². The molecule has 2 aromatic rings. The summed E-state index contributed by atoms with van der Waals surface area (Å²) in [7, 11) is 0. The molecule has 0 fully saturated rings. The van der Waals surface area contributed by atoms with Crippen LogP contribution in [0.3, 0.4) is 0 Å². The van der Waals surface area contributed by atoms with E-state index >= 15 is 0 Å². The molecule has 0 spiro atoms. The summed E-state index contributed by atoms with van der Waals surface area (Å²) in [4.78, 5) is 14.5. The number of amides is 1. The highest BCUT2D eigenvalue weighted by molar-refractivity contribution is 6.31. The summed E-state index contributed by atoms with van der Waals surface area (Å²) >= 11 is 0. The molecule has 0 unspecified atom stereocenters. The minimum absolute atomic E-state index is 0.174. The Morgan fingerprint density at radius 1 is 1.07 bits per heavy atom. The van der Waals surface area contributed by atoms with E-state index in [0.29, 0.717) is 35.7 Å². The van der Waals surface area contributed by atoms with Crippen LogP contribution in [-0.4, -0.2) is 36.0 Å². The van der Waals surface area contributed by atoms with Crippen molar-refractivity contribution >= 4 is 28.5 Å². The zero-order chi connectivity index (χ0) is 21.8. The molecular weight excluding hydrogens is 386 g/mol. The maximum Gasteiger partial charge on any atom is 0.257 e. The van der Waals surface area contributed by atoms with E-state index in [2.05, 4.69) is 48.5 Å². The number of carbonyl (C=O) groups is 1. The average Bonchev–Trinajstić information content (AvgIpc) is 3.00. The lowest BCUT2D eigenvalue weighted by atomic mass is 10.1. The second-order valence-corrected chi connectivity index (χ2v) is 7.87. The van der Waals surface area contributed by atoms with E-state index in [0.717, 1.165) is 6.54 Å². The Kier molecular flexibility index (Phi) is 6.72. The molecule has 1 aliphatic heterocycles. The Morgan fingerprint density at radius 3 is 2.47 bits per heavy atom. The number of rotatable bonds is 8. The van der Waals surface area contributed by atoms with Crippen LogP contribution >= 0.6 is 0 Å². The lowest BCUT2D eigenvalue weighted by Crippen LogP contribution is -2.40. The summed E-state index contributed by atoms with van der Waals surface area (Å²) in [5, 5.41) is 8.64. The van der Waals surface area contributed by atoms with E-state index in [-0.39, 0.29) is 11.1 Å². The number of hydrogen-bond donors (Lipinski definition) is 3. The van der Waals surface area contributed by atoms with Gasteiger partial charge in [-0.1, -0.05) is 6.07 Å². The zero-order valence-electron chi connectivity index (χ0n) is 17.7. The highest BCUT2D eigenvalue weighted by atomic mass is 19.1. The van der Waals surface area contributed by atoms with Gasteiger partial charge in [0.05, 0.1) is 16.9 Å². The number of carbonyl (C=O) groups excluding carboxylic acids is 1. The largest absolute Gasteiger partial charge is 0.381 e. The first-order valence-electron chi connectivity index (χ1n) is 10.1. The van der Waals surface area contributed by atoms with Crippen molar-refractivity contribution in [1.82, 2.24) is 4.90 Å². The molecule has 0 saturated heterocycles. The summed E-state index contributed by atoms with van der Waals surface area (Å²) in [5.41, 5.74) is 1.70. The molecule has 30 heavy (non-hydrogen) atoms. The van der Waals surface area contributed by atoms with Crippen LogP contribution in [0.25, 0.3) is 5.57 Å². The molecule has 7 heteroatoms. The number of hydrogen-bond acceptors (Lipinski definition) is 4. The van der Waals surface area contributed by atoms with E-state index in [1.165, 1.54) is 24.4 Å². The molecule has 3 N–H and O–H groups in total. The summed E-state index contributed by atoms with van der Waals surface area (Å²) in [5.74, 6) is -1.29. The monoisotopic (exact) mass is 414 g/mol. The first-order valence-corrected chi connectivity index (χ1v) is 10.1. The van der Waals surface area contributed by atoms with Gasteiger partial charge in [0, 0.05) is 42.6 Å². The Balaban J connectivity index is 1.65. The minimum Gasteiger partial charge on any atom is -0.381 e. The van der Waals surface area contributed by atoms with Crippen molar-refractivity contribution in [2.75, 3.05) is 29.0 Å². The quantitative estimate of drug-likeness (QED) is 0.538. The SMILES string of the molecule is CC(C)N(CCNc1ccc(N/C=C2/C(=O)Nc3cccc(F)c32)cc1F)C(C)C. The topological polar surface area (TPSA) is 56.4 Å². The van der Waals surface area contributed by atoms with Crippen LogP contribution in [0.15, 0.2) is 42.6 Å². The number of benzene rings is 2. The second kappa shape index (κ2) is 9.26. The second-order valence-electron chi connectivity index (χ2n) is 7.87. The normalized spacial score (nSPS) is 14.6.